The van der Waals surface area contributed by atoms with Gasteiger partial charge in [-0.2, -0.15) is 0 Å². The van der Waals surface area contributed by atoms with Crippen molar-refractivity contribution < 1.29 is 9.53 Å². The van der Waals surface area contributed by atoms with Gasteiger partial charge in [0.05, 0.1) is 17.7 Å². The molecule has 0 amide bonds. The van der Waals surface area contributed by atoms with E-state index < -0.39 is 0 Å². The number of carbonyl (C=O) groups is 1. The van der Waals surface area contributed by atoms with Crippen LogP contribution in [0.1, 0.15) is 61.0 Å². The molecule has 0 aliphatic carbocycles. The number of aromatic nitrogens is 1. The Morgan fingerprint density at radius 1 is 1.15 bits per heavy atom. The smallest absolute Gasteiger partial charge is 0.170 e. The van der Waals surface area contributed by atoms with Crippen molar-refractivity contribution in [3.8, 4) is 5.75 Å². The van der Waals surface area contributed by atoms with Crippen molar-refractivity contribution in [1.82, 2.24) is 4.98 Å². The van der Waals surface area contributed by atoms with Crippen LogP contribution in [0.2, 0.25) is 0 Å². The standard InChI is InChI=1S/C22H22N2O2/c1-3-22(4-2)12-20(25)18-10-15(7-8-21(18)26-22)19-11-17(14-24-19)16-6-5-9-23-13-16/h5-10,13-14H,3-4,11-12H2,1-2H3. The minimum atomic E-state index is -0.356. The van der Waals surface area contributed by atoms with E-state index in [1.807, 2.05) is 42.7 Å². The minimum Gasteiger partial charge on any atom is -0.486 e. The number of allylic oxidation sites excluding steroid dienone is 1. The molecule has 2 aromatic rings. The number of hydrogen-bond acceptors (Lipinski definition) is 4. The molecule has 26 heavy (non-hydrogen) atoms. The van der Waals surface area contributed by atoms with E-state index in [1.165, 1.54) is 0 Å². The largest absolute Gasteiger partial charge is 0.486 e. The quantitative estimate of drug-likeness (QED) is 0.796. The molecule has 0 N–H and O–H groups in total. The molecule has 1 aromatic carbocycles. The van der Waals surface area contributed by atoms with Gasteiger partial charge in [-0.1, -0.05) is 19.9 Å². The molecule has 1 aromatic heterocycles. The molecule has 4 heteroatoms. The van der Waals surface area contributed by atoms with Gasteiger partial charge in [-0.3, -0.25) is 14.8 Å². The van der Waals surface area contributed by atoms with Gasteiger partial charge in [-0.05, 0) is 53.8 Å². The number of fused-ring (bicyclic) bond motifs is 1. The number of aliphatic imine (C=N–C) groups is 1. The average molecular weight is 346 g/mol. The maximum atomic E-state index is 12.7. The highest BCUT2D eigenvalue weighted by Crippen LogP contribution is 2.38. The van der Waals surface area contributed by atoms with Crippen LogP contribution in [-0.4, -0.2) is 22.1 Å². The zero-order chi connectivity index (χ0) is 18.1. The lowest BCUT2D eigenvalue weighted by atomic mass is 9.85. The van der Waals surface area contributed by atoms with Gasteiger partial charge in [0.2, 0.25) is 0 Å². The fourth-order valence-electron chi connectivity index (χ4n) is 3.65. The van der Waals surface area contributed by atoms with Crippen LogP contribution in [0, 0.1) is 0 Å². The van der Waals surface area contributed by atoms with Crippen LogP contribution in [0.3, 0.4) is 0 Å². The van der Waals surface area contributed by atoms with Crippen LogP contribution in [0.5, 0.6) is 5.75 Å². The molecule has 3 heterocycles. The molecule has 0 atom stereocenters. The molecule has 0 saturated heterocycles. The van der Waals surface area contributed by atoms with Gasteiger partial charge in [0.1, 0.15) is 11.4 Å². The summed E-state index contributed by atoms with van der Waals surface area (Å²) in [6.07, 6.45) is 8.37. The van der Waals surface area contributed by atoms with Gasteiger partial charge in [-0.15, -0.1) is 0 Å². The second-order valence-electron chi connectivity index (χ2n) is 6.95. The monoisotopic (exact) mass is 346 g/mol. The maximum absolute atomic E-state index is 12.7. The first-order chi connectivity index (χ1) is 12.6. The van der Waals surface area contributed by atoms with Crippen LogP contribution >= 0.6 is 0 Å². The molecule has 2 aliphatic heterocycles. The first-order valence-electron chi connectivity index (χ1n) is 9.17. The molecule has 4 rings (SSSR count). The summed E-state index contributed by atoms with van der Waals surface area (Å²) in [6, 6.07) is 9.83. The summed E-state index contributed by atoms with van der Waals surface area (Å²) >= 11 is 0. The molecule has 0 radical (unpaired) electrons. The Morgan fingerprint density at radius 3 is 2.73 bits per heavy atom. The van der Waals surface area contributed by atoms with Gasteiger partial charge in [0, 0.05) is 25.0 Å². The molecule has 0 bridgehead atoms. The molecular weight excluding hydrogens is 324 g/mol. The number of hydrogen-bond donors (Lipinski definition) is 0. The van der Waals surface area contributed by atoms with Gasteiger partial charge in [0.15, 0.2) is 5.78 Å². The Balaban J connectivity index is 1.58. The van der Waals surface area contributed by atoms with Crippen molar-refractivity contribution in [2.24, 2.45) is 4.99 Å². The lowest BCUT2D eigenvalue weighted by Gasteiger charge is -2.36. The molecule has 4 nitrogen and oxygen atoms in total. The predicted octanol–water partition coefficient (Wildman–Crippen LogP) is 4.84. The Bertz CT molecular complexity index is 909. The van der Waals surface area contributed by atoms with Crippen LogP contribution in [0.4, 0.5) is 0 Å². The summed E-state index contributed by atoms with van der Waals surface area (Å²) in [7, 11) is 0. The van der Waals surface area contributed by atoms with Crippen molar-refractivity contribution >= 4 is 17.1 Å². The highest BCUT2D eigenvalue weighted by atomic mass is 16.5. The zero-order valence-corrected chi connectivity index (χ0v) is 15.2. The topological polar surface area (TPSA) is 51.5 Å². The summed E-state index contributed by atoms with van der Waals surface area (Å²) in [4.78, 5) is 21.5. The van der Waals surface area contributed by atoms with E-state index in [0.717, 1.165) is 41.7 Å². The second kappa shape index (κ2) is 6.52. The van der Waals surface area contributed by atoms with Gasteiger partial charge in [0.25, 0.3) is 0 Å². The van der Waals surface area contributed by atoms with E-state index in [0.29, 0.717) is 17.7 Å². The Morgan fingerprint density at radius 2 is 2.00 bits per heavy atom. The van der Waals surface area contributed by atoms with Gasteiger partial charge in [-0.25, -0.2) is 0 Å². The Kier molecular flexibility index (Phi) is 4.19. The van der Waals surface area contributed by atoms with Crippen LogP contribution < -0.4 is 4.74 Å². The molecule has 0 spiro atoms. The summed E-state index contributed by atoms with van der Waals surface area (Å²) in [5.74, 6) is 0.864. The highest BCUT2D eigenvalue weighted by molar-refractivity contribution is 6.11. The molecule has 2 aliphatic rings. The van der Waals surface area contributed by atoms with E-state index in [2.05, 4.69) is 23.8 Å². The van der Waals surface area contributed by atoms with Crippen LogP contribution in [0.15, 0.2) is 53.9 Å². The van der Waals surface area contributed by atoms with Gasteiger partial charge >= 0.3 is 0 Å². The van der Waals surface area contributed by atoms with Crippen molar-refractivity contribution in [3.05, 3.63) is 65.6 Å². The molecule has 0 unspecified atom stereocenters. The number of ether oxygens (including phenoxy) is 1. The van der Waals surface area contributed by atoms with E-state index in [-0.39, 0.29) is 11.4 Å². The van der Waals surface area contributed by atoms with E-state index in [1.54, 1.807) is 6.20 Å². The van der Waals surface area contributed by atoms with Crippen LogP contribution in [-0.2, 0) is 0 Å². The highest BCUT2D eigenvalue weighted by Gasteiger charge is 2.37. The normalized spacial score (nSPS) is 18.0. The fourth-order valence-corrected chi connectivity index (χ4v) is 3.65. The first-order valence-corrected chi connectivity index (χ1v) is 9.17. The molecule has 0 fully saturated rings. The van der Waals surface area contributed by atoms with E-state index in [9.17, 15) is 4.79 Å². The lowest BCUT2D eigenvalue weighted by molar-refractivity contribution is 0.0350. The van der Waals surface area contributed by atoms with Gasteiger partial charge < -0.3 is 4.74 Å². The zero-order valence-electron chi connectivity index (χ0n) is 15.2. The number of carbonyl (C=O) groups excluding carboxylic acids is 1. The number of ketones is 1. The third-order valence-electron chi connectivity index (χ3n) is 5.48. The summed E-state index contributed by atoms with van der Waals surface area (Å²) in [5.41, 5.74) is 4.51. The first kappa shape index (κ1) is 16.7. The summed E-state index contributed by atoms with van der Waals surface area (Å²) < 4.78 is 6.21. The van der Waals surface area contributed by atoms with Crippen molar-refractivity contribution in [3.63, 3.8) is 0 Å². The number of Topliss-reactive ketones (excluding diaryl/α,β-unsaturated/α-hetero) is 1. The molecule has 132 valence electrons. The van der Waals surface area contributed by atoms with E-state index in [4.69, 9.17) is 4.74 Å². The fraction of sp³-hybridized carbons (Fsp3) is 0.318. The third-order valence-corrected chi connectivity index (χ3v) is 5.48. The summed E-state index contributed by atoms with van der Waals surface area (Å²) in [6.45, 7) is 4.16. The molecular formula is C22H22N2O2. The average Bonchev–Trinajstić information content (AvgIpc) is 3.18. The third kappa shape index (κ3) is 2.85. The molecule has 0 saturated carbocycles. The van der Waals surface area contributed by atoms with E-state index >= 15 is 0 Å². The Labute approximate surface area is 153 Å². The lowest BCUT2D eigenvalue weighted by Crippen LogP contribution is -2.40. The van der Waals surface area contributed by atoms with Crippen molar-refractivity contribution in [2.45, 2.75) is 45.1 Å². The summed E-state index contributed by atoms with van der Waals surface area (Å²) in [5, 5.41) is 0. The van der Waals surface area contributed by atoms with Crippen molar-refractivity contribution in [2.75, 3.05) is 0 Å². The number of rotatable bonds is 4. The number of pyridine rings is 1. The Hall–Kier alpha value is -2.75. The number of benzene rings is 1. The number of nitrogens with zero attached hydrogens (tertiary/aromatic N) is 2. The van der Waals surface area contributed by atoms with Crippen LogP contribution in [0.25, 0.3) is 5.57 Å². The predicted molar refractivity (Wildman–Crippen MR) is 103 cm³/mol. The van der Waals surface area contributed by atoms with Crippen molar-refractivity contribution in [1.29, 1.82) is 0 Å². The second-order valence-corrected chi connectivity index (χ2v) is 6.95. The SMILES string of the molecule is CCC1(CC)CC(=O)c2cc(C3=NC=C(c4cccnc4)C3)ccc2O1. The minimum absolute atomic E-state index is 0.163. The maximum Gasteiger partial charge on any atom is 0.170 e.